The first-order valence-electron chi connectivity index (χ1n) is 4.48. The predicted octanol–water partition coefficient (Wildman–Crippen LogP) is -0.0995. The lowest BCUT2D eigenvalue weighted by Gasteiger charge is -2.14. The van der Waals surface area contributed by atoms with Crippen molar-refractivity contribution in [1.29, 1.82) is 0 Å². The van der Waals surface area contributed by atoms with Crippen LogP contribution >= 0.6 is 0 Å². The maximum Gasteiger partial charge on any atom is 0.244 e. The molecule has 1 aromatic rings. The Morgan fingerprint density at radius 1 is 1.38 bits per heavy atom. The van der Waals surface area contributed by atoms with Crippen LogP contribution in [-0.2, 0) is 11.3 Å². The molecule has 1 aliphatic rings. The smallest absolute Gasteiger partial charge is 0.244 e. The van der Waals surface area contributed by atoms with Gasteiger partial charge in [-0.05, 0) is 12.8 Å². The molecule has 1 aromatic heterocycles. The second-order valence-corrected chi connectivity index (χ2v) is 3.19. The third-order valence-corrected chi connectivity index (χ3v) is 2.23. The Labute approximate surface area is 76.3 Å². The van der Waals surface area contributed by atoms with E-state index >= 15 is 0 Å². The van der Waals surface area contributed by atoms with Crippen LogP contribution in [0.3, 0.4) is 0 Å². The molecule has 0 saturated carbocycles. The van der Waals surface area contributed by atoms with Crippen molar-refractivity contribution in [1.82, 2.24) is 19.9 Å². The molecule has 0 aromatic carbocycles. The molecule has 2 rings (SSSR count). The summed E-state index contributed by atoms with van der Waals surface area (Å²) in [7, 11) is 0. The second-order valence-electron chi connectivity index (χ2n) is 3.19. The van der Waals surface area contributed by atoms with Crippen LogP contribution in [0.1, 0.15) is 12.8 Å². The zero-order chi connectivity index (χ0) is 9.10. The quantitative estimate of drug-likeness (QED) is 0.638. The monoisotopic (exact) mass is 180 g/mol. The zero-order valence-corrected chi connectivity index (χ0v) is 7.39. The molecule has 0 unspecified atom stereocenters. The molecule has 0 N–H and O–H groups in total. The summed E-state index contributed by atoms with van der Waals surface area (Å²) in [5, 5.41) is 7.39. The molecule has 1 amide bonds. The first-order chi connectivity index (χ1) is 6.36. The summed E-state index contributed by atoms with van der Waals surface area (Å²) in [6.45, 7) is 2.11. The highest BCUT2D eigenvalue weighted by atomic mass is 16.2. The zero-order valence-electron chi connectivity index (χ0n) is 7.39. The third kappa shape index (κ3) is 1.85. The molecular weight excluding hydrogens is 168 g/mol. The van der Waals surface area contributed by atoms with Crippen molar-refractivity contribution >= 4 is 5.91 Å². The Morgan fingerprint density at radius 2 is 2.15 bits per heavy atom. The Balaban J connectivity index is 1.91. The van der Waals surface area contributed by atoms with Crippen LogP contribution in [0, 0.1) is 0 Å². The number of carbonyl (C=O) groups excluding carboxylic acids is 1. The summed E-state index contributed by atoms with van der Waals surface area (Å²) in [5.41, 5.74) is 0. The fraction of sp³-hybridized carbons (Fsp3) is 0.625. The van der Waals surface area contributed by atoms with Crippen molar-refractivity contribution in [3.63, 3.8) is 0 Å². The van der Waals surface area contributed by atoms with Gasteiger partial charge in [0.1, 0.15) is 6.54 Å². The molecule has 70 valence electrons. The van der Waals surface area contributed by atoms with E-state index in [1.54, 1.807) is 17.1 Å². The molecular formula is C8H12N4O. The van der Waals surface area contributed by atoms with E-state index in [0.717, 1.165) is 25.9 Å². The van der Waals surface area contributed by atoms with Gasteiger partial charge in [0.05, 0.1) is 6.20 Å². The van der Waals surface area contributed by atoms with Crippen LogP contribution in [0.5, 0.6) is 0 Å². The predicted molar refractivity (Wildman–Crippen MR) is 45.8 cm³/mol. The fourth-order valence-corrected chi connectivity index (χ4v) is 1.52. The van der Waals surface area contributed by atoms with Gasteiger partial charge in [0.25, 0.3) is 0 Å². The topological polar surface area (TPSA) is 51.0 Å². The SMILES string of the molecule is O=C(Cn1ccnn1)N1CCCC1. The van der Waals surface area contributed by atoms with E-state index in [1.165, 1.54) is 0 Å². The molecule has 1 fully saturated rings. The molecule has 0 radical (unpaired) electrons. The van der Waals surface area contributed by atoms with Gasteiger partial charge in [0.15, 0.2) is 0 Å². The Morgan fingerprint density at radius 3 is 2.77 bits per heavy atom. The maximum atomic E-state index is 11.6. The average molecular weight is 180 g/mol. The lowest BCUT2D eigenvalue weighted by atomic mass is 10.4. The lowest BCUT2D eigenvalue weighted by Crippen LogP contribution is -2.31. The minimum Gasteiger partial charge on any atom is -0.341 e. The minimum absolute atomic E-state index is 0.142. The van der Waals surface area contributed by atoms with Crippen LogP contribution in [0.15, 0.2) is 12.4 Å². The van der Waals surface area contributed by atoms with Crippen molar-refractivity contribution in [2.24, 2.45) is 0 Å². The largest absolute Gasteiger partial charge is 0.341 e. The van der Waals surface area contributed by atoms with Gasteiger partial charge in [-0.15, -0.1) is 5.10 Å². The first kappa shape index (κ1) is 8.22. The Hall–Kier alpha value is -1.39. The summed E-state index contributed by atoms with van der Waals surface area (Å²) < 4.78 is 1.56. The van der Waals surface area contributed by atoms with Crippen LogP contribution in [-0.4, -0.2) is 38.9 Å². The van der Waals surface area contributed by atoms with Gasteiger partial charge in [-0.1, -0.05) is 5.21 Å². The molecule has 13 heavy (non-hydrogen) atoms. The summed E-state index contributed by atoms with van der Waals surface area (Å²) in [4.78, 5) is 13.4. The molecule has 1 aliphatic heterocycles. The van der Waals surface area contributed by atoms with Gasteiger partial charge in [0, 0.05) is 19.3 Å². The van der Waals surface area contributed by atoms with E-state index < -0.39 is 0 Å². The van der Waals surface area contributed by atoms with Crippen molar-refractivity contribution in [2.75, 3.05) is 13.1 Å². The van der Waals surface area contributed by atoms with Crippen LogP contribution in [0.2, 0.25) is 0 Å². The van der Waals surface area contributed by atoms with Crippen molar-refractivity contribution in [2.45, 2.75) is 19.4 Å². The minimum atomic E-state index is 0.142. The van der Waals surface area contributed by atoms with E-state index in [0.29, 0.717) is 6.54 Å². The molecule has 5 heteroatoms. The maximum absolute atomic E-state index is 11.6. The van der Waals surface area contributed by atoms with Gasteiger partial charge in [-0.2, -0.15) is 0 Å². The Bertz CT molecular complexity index is 276. The fourth-order valence-electron chi connectivity index (χ4n) is 1.52. The van der Waals surface area contributed by atoms with Crippen LogP contribution < -0.4 is 0 Å². The number of hydrogen-bond acceptors (Lipinski definition) is 3. The molecule has 0 spiro atoms. The molecule has 0 atom stereocenters. The molecule has 2 heterocycles. The normalized spacial score (nSPS) is 16.5. The molecule has 0 bridgehead atoms. The highest BCUT2D eigenvalue weighted by molar-refractivity contribution is 5.76. The number of carbonyl (C=O) groups is 1. The van der Waals surface area contributed by atoms with Crippen molar-refractivity contribution < 1.29 is 4.79 Å². The highest BCUT2D eigenvalue weighted by Gasteiger charge is 2.17. The standard InChI is InChI=1S/C8H12N4O/c13-8(11-4-1-2-5-11)7-12-6-3-9-10-12/h3,6H,1-2,4-5,7H2. The summed E-state index contributed by atoms with van der Waals surface area (Å²) in [6, 6.07) is 0. The number of hydrogen-bond donors (Lipinski definition) is 0. The van der Waals surface area contributed by atoms with Crippen LogP contribution in [0.25, 0.3) is 0 Å². The van der Waals surface area contributed by atoms with E-state index in [9.17, 15) is 4.79 Å². The van der Waals surface area contributed by atoms with E-state index in [1.807, 2.05) is 4.90 Å². The number of aromatic nitrogens is 3. The molecule has 5 nitrogen and oxygen atoms in total. The van der Waals surface area contributed by atoms with E-state index in [4.69, 9.17) is 0 Å². The summed E-state index contributed by atoms with van der Waals surface area (Å²) in [6.07, 6.45) is 5.54. The van der Waals surface area contributed by atoms with Gasteiger partial charge in [-0.25, -0.2) is 4.68 Å². The Kier molecular flexibility index (Phi) is 2.25. The van der Waals surface area contributed by atoms with E-state index in [-0.39, 0.29) is 5.91 Å². The van der Waals surface area contributed by atoms with Crippen molar-refractivity contribution in [3.05, 3.63) is 12.4 Å². The second kappa shape index (κ2) is 3.55. The van der Waals surface area contributed by atoms with Crippen molar-refractivity contribution in [3.8, 4) is 0 Å². The summed E-state index contributed by atoms with van der Waals surface area (Å²) in [5.74, 6) is 0.142. The number of rotatable bonds is 2. The lowest BCUT2D eigenvalue weighted by molar-refractivity contribution is -0.130. The number of amides is 1. The average Bonchev–Trinajstić information content (AvgIpc) is 2.74. The van der Waals surface area contributed by atoms with Gasteiger partial charge in [0.2, 0.25) is 5.91 Å². The van der Waals surface area contributed by atoms with Gasteiger partial charge >= 0.3 is 0 Å². The van der Waals surface area contributed by atoms with Gasteiger partial charge in [-0.3, -0.25) is 4.79 Å². The van der Waals surface area contributed by atoms with Crippen LogP contribution in [0.4, 0.5) is 0 Å². The first-order valence-corrected chi connectivity index (χ1v) is 4.48. The van der Waals surface area contributed by atoms with E-state index in [2.05, 4.69) is 10.3 Å². The molecule has 0 aliphatic carbocycles. The molecule has 1 saturated heterocycles. The number of likely N-dealkylation sites (tertiary alicyclic amines) is 1. The highest BCUT2D eigenvalue weighted by Crippen LogP contribution is 2.07. The number of nitrogens with zero attached hydrogens (tertiary/aromatic N) is 4. The third-order valence-electron chi connectivity index (χ3n) is 2.23. The summed E-state index contributed by atoms with van der Waals surface area (Å²) >= 11 is 0. The van der Waals surface area contributed by atoms with Gasteiger partial charge < -0.3 is 4.90 Å².